The summed E-state index contributed by atoms with van der Waals surface area (Å²) in [6, 6.07) is 0. The minimum absolute atomic E-state index is 0.0856. The smallest absolute Gasteiger partial charge is 0.309 e. The number of carbonyl (C=O) groups excluding carboxylic acids is 2. The minimum atomic E-state index is -1.01. The molecule has 8 nitrogen and oxygen atoms in total. The van der Waals surface area contributed by atoms with Crippen LogP contribution in [0.25, 0.3) is 0 Å². The Hall–Kier alpha value is -2.12. The number of carboxylic acid groups (broad SMARTS) is 2. The Morgan fingerprint density at radius 3 is 1.86 bits per heavy atom. The van der Waals surface area contributed by atoms with E-state index in [0.717, 1.165) is 6.42 Å². The van der Waals surface area contributed by atoms with Gasteiger partial charge in [-0.15, -0.1) is 0 Å². The summed E-state index contributed by atoms with van der Waals surface area (Å²) < 4.78 is 9.61. The van der Waals surface area contributed by atoms with E-state index in [2.05, 4.69) is 0 Å². The molecule has 0 amide bonds. The molecule has 0 aromatic rings. The number of carboxylic acids is 2. The van der Waals surface area contributed by atoms with Crippen LogP contribution in [0, 0.1) is 23.2 Å². The van der Waals surface area contributed by atoms with Crippen molar-refractivity contribution < 1.29 is 38.9 Å². The van der Waals surface area contributed by atoms with Crippen LogP contribution in [0.3, 0.4) is 0 Å². The average molecular weight is 402 g/mol. The van der Waals surface area contributed by atoms with Crippen LogP contribution in [0.4, 0.5) is 0 Å². The van der Waals surface area contributed by atoms with Crippen molar-refractivity contribution >= 4 is 23.9 Å². The predicted molar refractivity (Wildman–Crippen MR) is 102 cm³/mol. The van der Waals surface area contributed by atoms with Crippen molar-refractivity contribution in [2.75, 3.05) is 14.2 Å². The van der Waals surface area contributed by atoms with E-state index in [-0.39, 0.29) is 12.8 Å². The molecular formula is C20H34O8. The van der Waals surface area contributed by atoms with Crippen molar-refractivity contribution in [2.45, 2.75) is 65.7 Å². The van der Waals surface area contributed by atoms with E-state index in [9.17, 15) is 19.2 Å². The summed E-state index contributed by atoms with van der Waals surface area (Å²) >= 11 is 0. The van der Waals surface area contributed by atoms with Crippen molar-refractivity contribution in [1.29, 1.82) is 0 Å². The normalized spacial score (nSPS) is 14.6. The fourth-order valence-electron chi connectivity index (χ4n) is 3.07. The molecule has 0 heterocycles. The van der Waals surface area contributed by atoms with Crippen LogP contribution in [0.5, 0.6) is 0 Å². The van der Waals surface area contributed by atoms with Crippen molar-refractivity contribution in [3.63, 3.8) is 0 Å². The number of rotatable bonds is 14. The number of esters is 2. The fraction of sp³-hybridized carbons (Fsp3) is 0.800. The second-order valence-corrected chi connectivity index (χ2v) is 7.94. The lowest BCUT2D eigenvalue weighted by atomic mass is 9.84. The summed E-state index contributed by atoms with van der Waals surface area (Å²) in [5, 5.41) is 18.2. The first kappa shape index (κ1) is 25.9. The molecular weight excluding hydrogens is 368 g/mol. The van der Waals surface area contributed by atoms with E-state index in [1.807, 2.05) is 0 Å². The van der Waals surface area contributed by atoms with Crippen LogP contribution in [0.15, 0.2) is 0 Å². The van der Waals surface area contributed by atoms with Crippen molar-refractivity contribution in [2.24, 2.45) is 23.2 Å². The van der Waals surface area contributed by atoms with Gasteiger partial charge in [0.15, 0.2) is 0 Å². The Bertz CT molecular complexity index is 540. The number of aliphatic carboxylic acids is 2. The Morgan fingerprint density at radius 2 is 1.39 bits per heavy atom. The van der Waals surface area contributed by atoms with E-state index in [4.69, 9.17) is 19.7 Å². The van der Waals surface area contributed by atoms with Crippen LogP contribution in [0.1, 0.15) is 65.7 Å². The molecule has 0 aliphatic rings. The maximum Gasteiger partial charge on any atom is 0.309 e. The molecule has 8 heteroatoms. The zero-order valence-corrected chi connectivity index (χ0v) is 17.5. The highest BCUT2D eigenvalue weighted by atomic mass is 16.5. The lowest BCUT2D eigenvalue weighted by molar-refractivity contribution is -0.151. The quantitative estimate of drug-likeness (QED) is 0.335. The van der Waals surface area contributed by atoms with Gasteiger partial charge in [0, 0.05) is 0 Å². The lowest BCUT2D eigenvalue weighted by Crippen LogP contribution is -2.28. The third-order valence-electron chi connectivity index (χ3n) is 5.13. The van der Waals surface area contributed by atoms with Gasteiger partial charge >= 0.3 is 23.9 Å². The maximum absolute atomic E-state index is 12.1. The van der Waals surface area contributed by atoms with Crippen LogP contribution in [-0.2, 0) is 28.7 Å². The molecule has 0 saturated heterocycles. The van der Waals surface area contributed by atoms with Crippen molar-refractivity contribution in [1.82, 2.24) is 0 Å². The number of carbonyl (C=O) groups is 4. The summed E-state index contributed by atoms with van der Waals surface area (Å²) in [4.78, 5) is 46.4. The molecule has 0 rings (SSSR count). The fourth-order valence-corrected chi connectivity index (χ4v) is 3.07. The topological polar surface area (TPSA) is 127 Å². The van der Waals surface area contributed by atoms with Gasteiger partial charge in [-0.05, 0) is 39.5 Å². The zero-order valence-electron chi connectivity index (χ0n) is 17.5. The molecule has 0 fully saturated rings. The number of hydrogen-bond donors (Lipinski definition) is 2. The highest BCUT2D eigenvalue weighted by Crippen LogP contribution is 2.28. The molecule has 3 atom stereocenters. The second kappa shape index (κ2) is 12.4. The average Bonchev–Trinajstić information content (AvgIpc) is 2.63. The van der Waals surface area contributed by atoms with Gasteiger partial charge < -0.3 is 19.7 Å². The highest BCUT2D eigenvalue weighted by Gasteiger charge is 2.31. The Morgan fingerprint density at radius 1 is 0.857 bits per heavy atom. The highest BCUT2D eigenvalue weighted by molar-refractivity contribution is 5.77. The molecule has 0 spiro atoms. The van der Waals surface area contributed by atoms with Gasteiger partial charge in [0.1, 0.15) is 0 Å². The van der Waals surface area contributed by atoms with Gasteiger partial charge in [0.2, 0.25) is 0 Å². The van der Waals surface area contributed by atoms with E-state index in [1.165, 1.54) is 21.1 Å². The van der Waals surface area contributed by atoms with Gasteiger partial charge in [-0.2, -0.15) is 0 Å². The minimum Gasteiger partial charge on any atom is -0.481 e. The summed E-state index contributed by atoms with van der Waals surface area (Å²) in [7, 11) is 2.51. The number of ether oxygens (including phenoxy) is 2. The molecule has 0 radical (unpaired) electrons. The predicted octanol–water partition coefficient (Wildman–Crippen LogP) is 3.13. The summed E-state index contributed by atoms with van der Waals surface area (Å²) in [6.45, 7) is 4.87. The molecule has 0 aliphatic carbocycles. The SMILES string of the molecule is COC(=O)C(CCCCCC(C)(C)C(=O)O)CC(CC(C)C(=O)O)C(=O)OC. The van der Waals surface area contributed by atoms with Gasteiger partial charge in [-0.1, -0.05) is 26.2 Å². The van der Waals surface area contributed by atoms with Crippen LogP contribution < -0.4 is 0 Å². The molecule has 162 valence electrons. The monoisotopic (exact) mass is 402 g/mol. The molecule has 0 aromatic heterocycles. The van der Waals surface area contributed by atoms with Crippen molar-refractivity contribution in [3.8, 4) is 0 Å². The standard InChI is InChI=1S/C20H34O8/c1-13(16(21)22)11-15(18(24)28-5)12-14(17(23)27-4)9-7-6-8-10-20(2,3)19(25)26/h13-15H,6-12H2,1-5H3,(H,21,22)(H,25,26). The Balaban J connectivity index is 4.82. The molecule has 3 unspecified atom stereocenters. The van der Waals surface area contributed by atoms with Crippen LogP contribution in [-0.4, -0.2) is 48.3 Å². The van der Waals surface area contributed by atoms with E-state index < -0.39 is 47.0 Å². The Labute approximate surface area is 166 Å². The summed E-state index contributed by atoms with van der Waals surface area (Å²) in [5.41, 5.74) is -0.787. The number of methoxy groups -OCH3 is 2. The Kier molecular flexibility index (Phi) is 11.4. The largest absolute Gasteiger partial charge is 0.481 e. The molecule has 0 saturated carbocycles. The molecule has 0 bridgehead atoms. The third-order valence-corrected chi connectivity index (χ3v) is 5.13. The number of hydrogen-bond acceptors (Lipinski definition) is 6. The van der Waals surface area contributed by atoms with Crippen LogP contribution in [0.2, 0.25) is 0 Å². The lowest BCUT2D eigenvalue weighted by Gasteiger charge is -2.22. The first-order valence-electron chi connectivity index (χ1n) is 9.58. The number of unbranched alkanes of at least 4 members (excludes halogenated alkanes) is 2. The van der Waals surface area contributed by atoms with Gasteiger partial charge in [-0.3, -0.25) is 19.2 Å². The molecule has 0 aliphatic heterocycles. The molecule has 28 heavy (non-hydrogen) atoms. The summed E-state index contributed by atoms with van der Waals surface area (Å²) in [5.74, 6) is -4.81. The summed E-state index contributed by atoms with van der Waals surface area (Å²) in [6.07, 6.45) is 3.40. The molecule has 2 N–H and O–H groups in total. The van der Waals surface area contributed by atoms with E-state index in [0.29, 0.717) is 25.7 Å². The van der Waals surface area contributed by atoms with Gasteiger partial charge in [0.05, 0.1) is 37.4 Å². The first-order valence-corrected chi connectivity index (χ1v) is 9.58. The van der Waals surface area contributed by atoms with Crippen molar-refractivity contribution in [3.05, 3.63) is 0 Å². The van der Waals surface area contributed by atoms with Gasteiger partial charge in [0.25, 0.3) is 0 Å². The van der Waals surface area contributed by atoms with Crippen LogP contribution >= 0.6 is 0 Å². The second-order valence-electron chi connectivity index (χ2n) is 7.94. The third kappa shape index (κ3) is 9.19. The molecule has 0 aromatic carbocycles. The first-order chi connectivity index (χ1) is 13.0. The van der Waals surface area contributed by atoms with Gasteiger partial charge in [-0.25, -0.2) is 0 Å². The maximum atomic E-state index is 12.1. The van der Waals surface area contributed by atoms with E-state index in [1.54, 1.807) is 13.8 Å². The van der Waals surface area contributed by atoms with E-state index >= 15 is 0 Å². The zero-order chi connectivity index (χ0) is 21.9.